The third kappa shape index (κ3) is 2.41. The lowest BCUT2D eigenvalue weighted by atomic mass is 9.79. The Labute approximate surface area is 133 Å². The lowest BCUT2D eigenvalue weighted by molar-refractivity contribution is 0.233. The summed E-state index contributed by atoms with van der Waals surface area (Å²) in [5.41, 5.74) is 2.98. The highest BCUT2D eigenvalue weighted by molar-refractivity contribution is 6.07. The van der Waals surface area contributed by atoms with Gasteiger partial charge in [-0.3, -0.25) is 4.98 Å². The molecular weight excluding hydrogens is 268 g/mol. The highest BCUT2D eigenvalue weighted by Gasteiger charge is 2.25. The molecule has 22 heavy (non-hydrogen) atoms. The second-order valence-corrected chi connectivity index (χ2v) is 6.85. The van der Waals surface area contributed by atoms with E-state index in [9.17, 15) is 0 Å². The Kier molecular flexibility index (Phi) is 3.94. The van der Waals surface area contributed by atoms with Gasteiger partial charge in [0.1, 0.15) is 0 Å². The molecule has 0 N–H and O–H groups in total. The molecule has 0 aliphatic carbocycles. The van der Waals surface area contributed by atoms with Crippen LogP contribution in [0.15, 0.2) is 42.7 Å². The first-order chi connectivity index (χ1) is 10.6. The molecule has 0 aliphatic rings. The smallest absolute Gasteiger partial charge is 0.0680 e. The van der Waals surface area contributed by atoms with Crippen LogP contribution in [0.4, 0.5) is 0 Å². The van der Waals surface area contributed by atoms with Crippen LogP contribution in [0.2, 0.25) is 0 Å². The minimum atomic E-state index is 0.402. The molecule has 1 unspecified atom stereocenters. The summed E-state index contributed by atoms with van der Waals surface area (Å²) in [5, 5.41) is 2.65. The molecule has 3 rings (SSSR count). The lowest BCUT2D eigenvalue weighted by Crippen LogP contribution is -2.20. The summed E-state index contributed by atoms with van der Waals surface area (Å²) in [5.74, 6) is 0. The van der Waals surface area contributed by atoms with E-state index in [1.54, 1.807) is 0 Å². The van der Waals surface area contributed by atoms with E-state index in [2.05, 4.69) is 67.6 Å². The van der Waals surface area contributed by atoms with Crippen molar-refractivity contribution in [1.29, 1.82) is 0 Å². The fourth-order valence-electron chi connectivity index (χ4n) is 3.67. The molecule has 0 amide bonds. The van der Waals surface area contributed by atoms with E-state index in [4.69, 9.17) is 0 Å². The topological polar surface area (TPSA) is 17.8 Å². The van der Waals surface area contributed by atoms with Gasteiger partial charge >= 0.3 is 0 Å². The van der Waals surface area contributed by atoms with Crippen LogP contribution in [0.5, 0.6) is 0 Å². The lowest BCUT2D eigenvalue weighted by Gasteiger charge is -2.31. The van der Waals surface area contributed by atoms with Crippen molar-refractivity contribution in [2.24, 2.45) is 5.41 Å². The summed E-state index contributed by atoms with van der Waals surface area (Å²) in [4.78, 5) is 4.37. The van der Waals surface area contributed by atoms with Gasteiger partial charge in [-0.1, -0.05) is 51.8 Å². The third-order valence-electron chi connectivity index (χ3n) is 5.45. The highest BCUT2D eigenvalue weighted by atomic mass is 15.0. The van der Waals surface area contributed by atoms with E-state index >= 15 is 0 Å². The average molecular weight is 294 g/mol. The van der Waals surface area contributed by atoms with Crippen LogP contribution < -0.4 is 0 Å². The molecular formula is C20H26N2. The van der Waals surface area contributed by atoms with Crippen molar-refractivity contribution in [1.82, 2.24) is 9.55 Å². The number of nitrogens with zero attached hydrogens (tertiary/aromatic N) is 2. The van der Waals surface area contributed by atoms with E-state index in [1.165, 1.54) is 41.1 Å². The van der Waals surface area contributed by atoms with Gasteiger partial charge in [0.25, 0.3) is 0 Å². The number of hydrogen-bond acceptors (Lipinski definition) is 1. The molecule has 2 heteroatoms. The number of para-hydroxylation sites is 1. The molecule has 2 aromatic heterocycles. The second kappa shape index (κ2) is 5.75. The molecule has 2 nitrogen and oxygen atoms in total. The van der Waals surface area contributed by atoms with Gasteiger partial charge in [0.15, 0.2) is 0 Å². The van der Waals surface area contributed by atoms with Crippen molar-refractivity contribution in [2.75, 3.05) is 0 Å². The van der Waals surface area contributed by atoms with Gasteiger partial charge in [-0.15, -0.1) is 0 Å². The predicted octanol–water partition coefficient (Wildman–Crippen LogP) is 5.97. The van der Waals surface area contributed by atoms with Gasteiger partial charge in [-0.05, 0) is 30.9 Å². The van der Waals surface area contributed by atoms with Crippen molar-refractivity contribution in [2.45, 2.75) is 53.0 Å². The molecule has 1 atom stereocenters. The van der Waals surface area contributed by atoms with Crippen LogP contribution in [-0.2, 0) is 0 Å². The number of benzene rings is 1. The molecule has 0 aliphatic heterocycles. The number of pyridine rings is 1. The normalized spacial score (nSPS) is 13.8. The monoisotopic (exact) mass is 294 g/mol. The minimum Gasteiger partial charge on any atom is -0.336 e. The molecule has 0 radical (unpaired) electrons. The number of rotatable bonds is 5. The van der Waals surface area contributed by atoms with Crippen LogP contribution >= 0.6 is 0 Å². The maximum absolute atomic E-state index is 4.37. The van der Waals surface area contributed by atoms with Crippen LogP contribution in [0, 0.1) is 5.41 Å². The molecule has 0 saturated carbocycles. The van der Waals surface area contributed by atoms with Gasteiger partial charge in [-0.25, -0.2) is 0 Å². The van der Waals surface area contributed by atoms with E-state index in [-0.39, 0.29) is 0 Å². The third-order valence-corrected chi connectivity index (χ3v) is 5.45. The molecule has 0 saturated heterocycles. The standard InChI is InChI=1S/C20H26N2/c1-5-20(4,6-2)13-15(3)22-18-10-8-7-9-16(18)17-11-12-21-14-19(17)22/h7-12,14-15H,5-6,13H2,1-4H3. The average Bonchev–Trinajstić information content (AvgIpc) is 2.89. The summed E-state index contributed by atoms with van der Waals surface area (Å²) in [6, 6.07) is 11.3. The van der Waals surface area contributed by atoms with Crippen molar-refractivity contribution in [3.05, 3.63) is 42.7 Å². The Morgan fingerprint density at radius 3 is 2.45 bits per heavy atom. The zero-order valence-corrected chi connectivity index (χ0v) is 14.1. The minimum absolute atomic E-state index is 0.402. The van der Waals surface area contributed by atoms with Gasteiger partial charge < -0.3 is 4.57 Å². The molecule has 2 heterocycles. The largest absolute Gasteiger partial charge is 0.336 e. The summed E-state index contributed by atoms with van der Waals surface area (Å²) in [7, 11) is 0. The first kappa shape index (κ1) is 15.1. The summed E-state index contributed by atoms with van der Waals surface area (Å²) in [6.45, 7) is 9.38. The number of fused-ring (bicyclic) bond motifs is 3. The Morgan fingerprint density at radius 2 is 1.73 bits per heavy atom. The Morgan fingerprint density at radius 1 is 1.05 bits per heavy atom. The molecule has 1 aromatic carbocycles. The van der Waals surface area contributed by atoms with E-state index in [1.807, 2.05) is 12.4 Å². The van der Waals surface area contributed by atoms with E-state index < -0.39 is 0 Å². The van der Waals surface area contributed by atoms with Crippen LogP contribution in [0.3, 0.4) is 0 Å². The van der Waals surface area contributed by atoms with Gasteiger partial charge in [0.05, 0.1) is 11.7 Å². The summed E-state index contributed by atoms with van der Waals surface area (Å²) >= 11 is 0. The molecule has 0 fully saturated rings. The first-order valence-electron chi connectivity index (χ1n) is 8.42. The zero-order valence-electron chi connectivity index (χ0n) is 14.1. The Hall–Kier alpha value is -1.83. The van der Waals surface area contributed by atoms with Gasteiger partial charge in [0.2, 0.25) is 0 Å². The van der Waals surface area contributed by atoms with Crippen molar-refractivity contribution in [3.8, 4) is 0 Å². The predicted molar refractivity (Wildman–Crippen MR) is 95.3 cm³/mol. The van der Waals surface area contributed by atoms with Crippen LogP contribution in [0.25, 0.3) is 21.8 Å². The molecule has 0 bridgehead atoms. The molecule has 116 valence electrons. The fourth-order valence-corrected chi connectivity index (χ4v) is 3.67. The second-order valence-electron chi connectivity index (χ2n) is 6.85. The highest BCUT2D eigenvalue weighted by Crippen LogP contribution is 2.39. The fraction of sp³-hybridized carbons (Fsp3) is 0.450. The van der Waals surface area contributed by atoms with Crippen molar-refractivity contribution in [3.63, 3.8) is 0 Å². The van der Waals surface area contributed by atoms with E-state index in [0.717, 1.165) is 0 Å². The molecule has 3 aromatic rings. The number of aromatic nitrogens is 2. The maximum Gasteiger partial charge on any atom is 0.0680 e. The summed E-state index contributed by atoms with van der Waals surface area (Å²) in [6.07, 6.45) is 7.56. The molecule has 0 spiro atoms. The zero-order chi connectivity index (χ0) is 15.7. The Bertz CT molecular complexity index is 727. The van der Waals surface area contributed by atoms with E-state index in [0.29, 0.717) is 11.5 Å². The van der Waals surface area contributed by atoms with Gasteiger partial charge in [-0.2, -0.15) is 0 Å². The van der Waals surface area contributed by atoms with Crippen LogP contribution in [0.1, 0.15) is 53.0 Å². The maximum atomic E-state index is 4.37. The summed E-state index contributed by atoms with van der Waals surface area (Å²) < 4.78 is 2.49. The van der Waals surface area contributed by atoms with Crippen molar-refractivity contribution >= 4 is 21.8 Å². The first-order valence-corrected chi connectivity index (χ1v) is 8.42. The number of hydrogen-bond donors (Lipinski definition) is 0. The quantitative estimate of drug-likeness (QED) is 0.567. The SMILES string of the molecule is CCC(C)(CC)CC(C)n1c2ccccc2c2ccncc21. The van der Waals surface area contributed by atoms with Gasteiger partial charge in [0, 0.05) is 28.5 Å². The van der Waals surface area contributed by atoms with Crippen LogP contribution in [-0.4, -0.2) is 9.55 Å². The van der Waals surface area contributed by atoms with Crippen molar-refractivity contribution < 1.29 is 0 Å². The Balaban J connectivity index is 2.16.